The molecule has 0 spiro atoms. The Bertz CT molecular complexity index is 446. The molecule has 0 saturated carbocycles. The second-order valence-corrected chi connectivity index (χ2v) is 5.58. The molecule has 20 heavy (non-hydrogen) atoms. The summed E-state index contributed by atoms with van der Waals surface area (Å²) in [6.07, 6.45) is 2.69. The van der Waals surface area contributed by atoms with Gasteiger partial charge < -0.3 is 15.0 Å². The lowest BCUT2D eigenvalue weighted by Crippen LogP contribution is -2.39. The van der Waals surface area contributed by atoms with Crippen LogP contribution in [0.3, 0.4) is 0 Å². The average molecular weight is 281 g/mol. The van der Waals surface area contributed by atoms with Crippen molar-refractivity contribution >= 4 is 6.03 Å². The van der Waals surface area contributed by atoms with Gasteiger partial charge in [0, 0.05) is 26.7 Å². The van der Waals surface area contributed by atoms with Crippen molar-refractivity contribution in [3.63, 3.8) is 0 Å². The van der Waals surface area contributed by atoms with E-state index in [2.05, 4.69) is 29.2 Å². The molecule has 7 heteroatoms. The Morgan fingerprint density at radius 3 is 3.05 bits per heavy atom. The number of ether oxygens (including phenoxy) is 1. The fourth-order valence-corrected chi connectivity index (χ4v) is 2.11. The standard InChI is InChI=1S/C13H23N5O2/c1-10(2)8-20-11-4-5-18(7-11)13(19)14-6-12-15-9-17(3)16-12/h9-11H,4-8H2,1-3H3,(H,14,19). The van der Waals surface area contributed by atoms with Crippen molar-refractivity contribution in [3.8, 4) is 0 Å². The smallest absolute Gasteiger partial charge is 0.317 e. The molecule has 2 rings (SSSR count). The van der Waals surface area contributed by atoms with E-state index in [1.807, 2.05) is 0 Å². The number of likely N-dealkylation sites (tertiary alicyclic amines) is 1. The zero-order valence-corrected chi connectivity index (χ0v) is 12.4. The van der Waals surface area contributed by atoms with Gasteiger partial charge in [0.25, 0.3) is 0 Å². The van der Waals surface area contributed by atoms with Gasteiger partial charge in [-0.25, -0.2) is 9.78 Å². The van der Waals surface area contributed by atoms with Gasteiger partial charge in [-0.15, -0.1) is 0 Å². The van der Waals surface area contributed by atoms with Gasteiger partial charge in [0.2, 0.25) is 0 Å². The lowest BCUT2D eigenvalue weighted by Gasteiger charge is -2.17. The van der Waals surface area contributed by atoms with E-state index in [4.69, 9.17) is 4.74 Å². The summed E-state index contributed by atoms with van der Waals surface area (Å²) in [5, 5.41) is 6.95. The van der Waals surface area contributed by atoms with Gasteiger partial charge >= 0.3 is 6.03 Å². The maximum atomic E-state index is 12.0. The molecule has 0 aliphatic carbocycles. The molecule has 1 N–H and O–H groups in total. The molecule has 0 radical (unpaired) electrons. The summed E-state index contributed by atoms with van der Waals surface area (Å²) in [5.74, 6) is 1.14. The number of hydrogen-bond acceptors (Lipinski definition) is 4. The first-order valence-electron chi connectivity index (χ1n) is 7.03. The van der Waals surface area contributed by atoms with Crippen LogP contribution in [0.15, 0.2) is 6.33 Å². The van der Waals surface area contributed by atoms with Crippen molar-refractivity contribution < 1.29 is 9.53 Å². The number of rotatable bonds is 5. The number of urea groups is 1. The third kappa shape index (κ3) is 4.19. The number of amides is 2. The molecular weight excluding hydrogens is 258 g/mol. The average Bonchev–Trinajstić information content (AvgIpc) is 3.02. The maximum Gasteiger partial charge on any atom is 0.317 e. The molecule has 0 bridgehead atoms. The van der Waals surface area contributed by atoms with E-state index >= 15 is 0 Å². The van der Waals surface area contributed by atoms with Crippen LogP contribution in [0.5, 0.6) is 0 Å². The molecule has 0 aromatic carbocycles. The third-order valence-corrected chi connectivity index (χ3v) is 3.14. The Kier molecular flexibility index (Phi) is 4.94. The minimum atomic E-state index is -0.0758. The van der Waals surface area contributed by atoms with Crippen LogP contribution in [-0.4, -0.2) is 51.5 Å². The van der Waals surface area contributed by atoms with E-state index < -0.39 is 0 Å². The van der Waals surface area contributed by atoms with E-state index in [9.17, 15) is 4.79 Å². The van der Waals surface area contributed by atoms with Crippen LogP contribution in [0.1, 0.15) is 26.1 Å². The molecule has 1 atom stereocenters. The van der Waals surface area contributed by atoms with Crippen LogP contribution in [0.4, 0.5) is 4.79 Å². The summed E-state index contributed by atoms with van der Waals surface area (Å²) < 4.78 is 7.38. The van der Waals surface area contributed by atoms with Gasteiger partial charge in [-0.05, 0) is 12.3 Å². The van der Waals surface area contributed by atoms with Crippen molar-refractivity contribution in [1.82, 2.24) is 25.0 Å². The SMILES string of the molecule is CC(C)COC1CCN(C(=O)NCc2ncn(C)n2)C1. The van der Waals surface area contributed by atoms with E-state index in [0.717, 1.165) is 19.6 Å². The first-order valence-corrected chi connectivity index (χ1v) is 7.03. The highest BCUT2D eigenvalue weighted by atomic mass is 16.5. The molecule has 1 aromatic heterocycles. The minimum Gasteiger partial charge on any atom is -0.376 e. The molecule has 1 aliphatic heterocycles. The number of carbonyl (C=O) groups excluding carboxylic acids is 1. The summed E-state index contributed by atoms with van der Waals surface area (Å²) in [7, 11) is 1.80. The first-order chi connectivity index (χ1) is 9.54. The van der Waals surface area contributed by atoms with Crippen LogP contribution in [-0.2, 0) is 18.3 Å². The molecule has 2 amide bonds. The highest BCUT2D eigenvalue weighted by Crippen LogP contribution is 2.13. The zero-order chi connectivity index (χ0) is 14.5. The number of carbonyl (C=O) groups is 1. The van der Waals surface area contributed by atoms with Gasteiger partial charge in [-0.3, -0.25) is 4.68 Å². The highest BCUT2D eigenvalue weighted by molar-refractivity contribution is 5.74. The van der Waals surface area contributed by atoms with E-state index in [-0.39, 0.29) is 12.1 Å². The fraction of sp³-hybridized carbons (Fsp3) is 0.769. The Balaban J connectivity index is 1.71. The van der Waals surface area contributed by atoms with Crippen LogP contribution in [0, 0.1) is 5.92 Å². The van der Waals surface area contributed by atoms with Crippen LogP contribution < -0.4 is 5.32 Å². The highest BCUT2D eigenvalue weighted by Gasteiger charge is 2.26. The van der Waals surface area contributed by atoms with Crippen molar-refractivity contribution in [2.75, 3.05) is 19.7 Å². The minimum absolute atomic E-state index is 0.0758. The summed E-state index contributed by atoms with van der Waals surface area (Å²) in [6, 6.07) is -0.0758. The van der Waals surface area contributed by atoms with E-state index in [1.54, 1.807) is 23.0 Å². The predicted molar refractivity (Wildman–Crippen MR) is 74.0 cm³/mol. The Morgan fingerprint density at radius 1 is 1.60 bits per heavy atom. The number of aromatic nitrogens is 3. The molecule has 1 unspecified atom stereocenters. The second kappa shape index (κ2) is 6.69. The quantitative estimate of drug-likeness (QED) is 0.865. The molecule has 1 saturated heterocycles. The van der Waals surface area contributed by atoms with Crippen molar-refractivity contribution in [2.45, 2.75) is 32.9 Å². The topological polar surface area (TPSA) is 72.3 Å². The molecular formula is C13H23N5O2. The normalized spacial score (nSPS) is 18.8. The summed E-state index contributed by atoms with van der Waals surface area (Å²) in [5.41, 5.74) is 0. The lowest BCUT2D eigenvalue weighted by atomic mass is 10.2. The fourth-order valence-electron chi connectivity index (χ4n) is 2.11. The maximum absolute atomic E-state index is 12.0. The van der Waals surface area contributed by atoms with Gasteiger partial charge in [0.1, 0.15) is 6.33 Å². The van der Waals surface area contributed by atoms with Crippen molar-refractivity contribution in [2.24, 2.45) is 13.0 Å². The molecule has 2 heterocycles. The summed E-state index contributed by atoms with van der Waals surface area (Å²) in [4.78, 5) is 17.9. The van der Waals surface area contributed by atoms with Gasteiger partial charge in [-0.2, -0.15) is 5.10 Å². The van der Waals surface area contributed by atoms with Gasteiger partial charge in [0.05, 0.1) is 12.6 Å². The molecule has 1 aromatic rings. The lowest BCUT2D eigenvalue weighted by molar-refractivity contribution is 0.0436. The van der Waals surface area contributed by atoms with Crippen LogP contribution in [0.2, 0.25) is 0 Å². The zero-order valence-electron chi connectivity index (χ0n) is 12.4. The molecule has 1 aliphatic rings. The van der Waals surface area contributed by atoms with Crippen LogP contribution in [0.25, 0.3) is 0 Å². The van der Waals surface area contributed by atoms with E-state index in [1.165, 1.54) is 0 Å². The Hall–Kier alpha value is -1.63. The monoisotopic (exact) mass is 281 g/mol. The number of nitrogens with one attached hydrogen (secondary N) is 1. The number of aryl methyl sites for hydroxylation is 1. The second-order valence-electron chi connectivity index (χ2n) is 5.58. The first kappa shape index (κ1) is 14.8. The van der Waals surface area contributed by atoms with Crippen molar-refractivity contribution in [3.05, 3.63) is 12.2 Å². The molecule has 1 fully saturated rings. The molecule has 112 valence electrons. The van der Waals surface area contributed by atoms with Crippen LogP contribution >= 0.6 is 0 Å². The third-order valence-electron chi connectivity index (χ3n) is 3.14. The predicted octanol–water partition coefficient (Wildman–Crippen LogP) is 0.772. The van der Waals surface area contributed by atoms with E-state index in [0.29, 0.717) is 24.8 Å². The molecule has 7 nitrogen and oxygen atoms in total. The Labute approximate surface area is 119 Å². The largest absolute Gasteiger partial charge is 0.376 e. The van der Waals surface area contributed by atoms with Gasteiger partial charge in [0.15, 0.2) is 5.82 Å². The Morgan fingerprint density at radius 2 is 2.40 bits per heavy atom. The number of nitrogens with zero attached hydrogens (tertiary/aromatic N) is 4. The van der Waals surface area contributed by atoms with Crippen molar-refractivity contribution in [1.29, 1.82) is 0 Å². The summed E-state index contributed by atoms with van der Waals surface area (Å²) >= 11 is 0. The van der Waals surface area contributed by atoms with Gasteiger partial charge in [-0.1, -0.05) is 13.8 Å². The number of hydrogen-bond donors (Lipinski definition) is 1. The summed E-state index contributed by atoms with van der Waals surface area (Å²) in [6.45, 7) is 6.75.